The lowest BCUT2D eigenvalue weighted by molar-refractivity contribution is 0.336. The summed E-state index contributed by atoms with van der Waals surface area (Å²) >= 11 is 1.94. The van der Waals surface area contributed by atoms with E-state index in [0.29, 0.717) is 12.1 Å². The molecule has 0 aliphatic heterocycles. The van der Waals surface area contributed by atoms with Gasteiger partial charge in [0.2, 0.25) is 0 Å². The molecule has 1 saturated carbocycles. The number of hydrogen-bond acceptors (Lipinski definition) is 4. The molecule has 118 valence electrons. The van der Waals surface area contributed by atoms with Crippen LogP contribution in [0.4, 0.5) is 5.13 Å². The van der Waals surface area contributed by atoms with E-state index in [4.69, 9.17) is 4.98 Å². The van der Waals surface area contributed by atoms with Crippen molar-refractivity contribution in [3.8, 4) is 0 Å². The van der Waals surface area contributed by atoms with Crippen molar-refractivity contribution in [1.82, 2.24) is 10.3 Å². The molecular formula is C17H29N3S. The maximum Gasteiger partial charge on any atom is 0.185 e. The Morgan fingerprint density at radius 3 is 2.90 bits per heavy atom. The number of hydrogen-bond donors (Lipinski definition) is 1. The fraction of sp³-hybridized carbons (Fsp3) is 0.824. The first-order chi connectivity index (χ1) is 10.2. The van der Waals surface area contributed by atoms with E-state index >= 15 is 0 Å². The summed E-state index contributed by atoms with van der Waals surface area (Å²) in [6.45, 7) is 5.62. The van der Waals surface area contributed by atoms with Crippen LogP contribution in [-0.4, -0.2) is 24.6 Å². The molecule has 0 bridgehead atoms. The van der Waals surface area contributed by atoms with Gasteiger partial charge in [0, 0.05) is 18.0 Å². The van der Waals surface area contributed by atoms with Crippen molar-refractivity contribution in [2.75, 3.05) is 18.5 Å². The molecule has 1 aromatic rings. The summed E-state index contributed by atoms with van der Waals surface area (Å²) in [5.74, 6) is 0.871. The molecule has 0 aromatic carbocycles. The molecule has 21 heavy (non-hydrogen) atoms. The minimum absolute atomic E-state index is 0.488. The average Bonchev–Trinajstić information content (AvgIpc) is 2.92. The number of anilines is 1. The van der Waals surface area contributed by atoms with Gasteiger partial charge in [-0.2, -0.15) is 0 Å². The predicted octanol–water partition coefficient (Wildman–Crippen LogP) is 4.14. The Morgan fingerprint density at radius 2 is 2.14 bits per heavy atom. The van der Waals surface area contributed by atoms with Gasteiger partial charge in [-0.1, -0.05) is 26.7 Å². The molecule has 1 N–H and O–H groups in total. The van der Waals surface area contributed by atoms with Crippen molar-refractivity contribution < 1.29 is 0 Å². The summed E-state index contributed by atoms with van der Waals surface area (Å²) in [6, 6.07) is 1.18. The monoisotopic (exact) mass is 307 g/mol. The predicted molar refractivity (Wildman–Crippen MR) is 91.3 cm³/mol. The average molecular weight is 308 g/mol. The lowest BCUT2D eigenvalue weighted by Crippen LogP contribution is -2.35. The normalized spacial score (nSPS) is 29.2. The van der Waals surface area contributed by atoms with Gasteiger partial charge in [-0.25, -0.2) is 4.98 Å². The fourth-order valence-electron chi connectivity index (χ4n) is 3.91. The van der Waals surface area contributed by atoms with Crippen LogP contribution in [0.2, 0.25) is 0 Å². The number of thiazole rings is 1. The number of fused-ring (bicyclic) bond motifs is 1. The molecule has 0 spiro atoms. The lowest BCUT2D eigenvalue weighted by Gasteiger charge is -2.34. The summed E-state index contributed by atoms with van der Waals surface area (Å²) in [5.41, 5.74) is 1.35. The van der Waals surface area contributed by atoms with E-state index in [2.05, 4.69) is 31.1 Å². The molecule has 4 heteroatoms. The van der Waals surface area contributed by atoms with Crippen molar-refractivity contribution in [1.29, 1.82) is 0 Å². The van der Waals surface area contributed by atoms with Crippen LogP contribution in [0.5, 0.6) is 0 Å². The van der Waals surface area contributed by atoms with Gasteiger partial charge >= 0.3 is 0 Å². The maximum absolute atomic E-state index is 5.03. The third-order valence-corrected chi connectivity index (χ3v) is 6.37. The van der Waals surface area contributed by atoms with Crippen LogP contribution in [0.15, 0.2) is 0 Å². The molecule has 2 aliphatic carbocycles. The molecule has 3 unspecified atom stereocenters. The highest BCUT2D eigenvalue weighted by atomic mass is 32.1. The minimum Gasteiger partial charge on any atom is -0.348 e. The van der Waals surface area contributed by atoms with Gasteiger partial charge in [0.25, 0.3) is 0 Å². The van der Waals surface area contributed by atoms with E-state index in [-0.39, 0.29) is 0 Å². The van der Waals surface area contributed by atoms with E-state index in [1.807, 2.05) is 11.3 Å². The topological polar surface area (TPSA) is 28.2 Å². The zero-order valence-electron chi connectivity index (χ0n) is 13.7. The van der Waals surface area contributed by atoms with Crippen LogP contribution in [0, 0.1) is 5.92 Å². The van der Waals surface area contributed by atoms with E-state index in [1.54, 1.807) is 0 Å². The third-order valence-electron chi connectivity index (χ3n) is 5.15. The van der Waals surface area contributed by atoms with E-state index in [1.165, 1.54) is 60.6 Å². The fourth-order valence-corrected chi connectivity index (χ4v) is 5.11. The van der Waals surface area contributed by atoms with Crippen molar-refractivity contribution in [2.24, 2.45) is 5.92 Å². The zero-order chi connectivity index (χ0) is 14.8. The molecule has 1 fully saturated rings. The molecule has 0 saturated heterocycles. The van der Waals surface area contributed by atoms with Crippen molar-refractivity contribution >= 4 is 16.5 Å². The first kappa shape index (κ1) is 15.3. The van der Waals surface area contributed by atoms with Crippen molar-refractivity contribution in [3.63, 3.8) is 0 Å². The number of nitrogens with zero attached hydrogens (tertiary/aromatic N) is 2. The molecule has 2 aliphatic rings. The molecule has 3 atom stereocenters. The standard InChI is InChI=1S/C17H29N3S/c1-4-18-14-9-6-10-15-16(14)19-17(21-15)20(3)13-8-5-7-12(2)11-13/h12-14,18H,4-11H2,1-3H3. The van der Waals surface area contributed by atoms with Gasteiger partial charge in [0.1, 0.15) is 0 Å². The molecule has 0 amide bonds. The largest absolute Gasteiger partial charge is 0.348 e. The van der Waals surface area contributed by atoms with E-state index < -0.39 is 0 Å². The highest BCUT2D eigenvalue weighted by Gasteiger charge is 2.28. The molecule has 3 rings (SSSR count). The second kappa shape index (κ2) is 6.66. The molecular weight excluding hydrogens is 278 g/mol. The summed E-state index contributed by atoms with van der Waals surface area (Å²) in [4.78, 5) is 9.03. The highest BCUT2D eigenvalue weighted by Crippen LogP contribution is 2.38. The van der Waals surface area contributed by atoms with Crippen LogP contribution in [0.3, 0.4) is 0 Å². The maximum atomic E-state index is 5.03. The third kappa shape index (κ3) is 3.26. The van der Waals surface area contributed by atoms with Gasteiger partial charge in [-0.05, 0) is 44.6 Å². The van der Waals surface area contributed by atoms with Crippen LogP contribution in [0.25, 0.3) is 0 Å². The van der Waals surface area contributed by atoms with Crippen LogP contribution in [0.1, 0.15) is 69.0 Å². The molecule has 1 aromatic heterocycles. The molecule has 0 radical (unpaired) electrons. The van der Waals surface area contributed by atoms with Gasteiger partial charge < -0.3 is 10.2 Å². The first-order valence-electron chi connectivity index (χ1n) is 8.64. The lowest BCUT2D eigenvalue weighted by atomic mass is 9.86. The summed E-state index contributed by atoms with van der Waals surface area (Å²) in [6.07, 6.45) is 9.22. The quantitative estimate of drug-likeness (QED) is 0.906. The second-order valence-corrected chi connectivity index (χ2v) is 7.91. The Labute approximate surface area is 133 Å². The number of nitrogens with one attached hydrogen (secondary N) is 1. The number of aromatic nitrogens is 1. The van der Waals surface area contributed by atoms with Crippen molar-refractivity contribution in [3.05, 3.63) is 10.6 Å². The van der Waals surface area contributed by atoms with E-state index in [9.17, 15) is 0 Å². The smallest absolute Gasteiger partial charge is 0.185 e. The van der Waals surface area contributed by atoms with Crippen LogP contribution in [-0.2, 0) is 6.42 Å². The van der Waals surface area contributed by atoms with Gasteiger partial charge in [0.15, 0.2) is 5.13 Å². The van der Waals surface area contributed by atoms with Gasteiger partial charge in [-0.15, -0.1) is 11.3 Å². The number of aryl methyl sites for hydroxylation is 1. The summed E-state index contributed by atoms with van der Waals surface area (Å²) in [5, 5.41) is 4.86. The zero-order valence-corrected chi connectivity index (χ0v) is 14.5. The Kier molecular flexibility index (Phi) is 4.85. The first-order valence-corrected chi connectivity index (χ1v) is 9.46. The van der Waals surface area contributed by atoms with Crippen LogP contribution >= 0.6 is 11.3 Å². The second-order valence-electron chi connectivity index (χ2n) is 6.84. The van der Waals surface area contributed by atoms with Gasteiger partial charge in [-0.3, -0.25) is 0 Å². The van der Waals surface area contributed by atoms with E-state index in [0.717, 1.165) is 12.5 Å². The minimum atomic E-state index is 0.488. The Hall–Kier alpha value is -0.610. The van der Waals surface area contributed by atoms with Crippen molar-refractivity contribution in [2.45, 2.75) is 70.9 Å². The molecule has 3 nitrogen and oxygen atoms in total. The number of rotatable bonds is 4. The van der Waals surface area contributed by atoms with Gasteiger partial charge in [0.05, 0.1) is 11.7 Å². The Bertz CT molecular complexity index is 471. The Balaban J connectivity index is 1.76. The SMILES string of the molecule is CCNC1CCCc2sc(N(C)C3CCCC(C)C3)nc21. The highest BCUT2D eigenvalue weighted by molar-refractivity contribution is 7.15. The summed E-state index contributed by atoms with van der Waals surface area (Å²) < 4.78 is 0. The summed E-state index contributed by atoms with van der Waals surface area (Å²) in [7, 11) is 2.26. The molecule has 1 heterocycles. The Morgan fingerprint density at radius 1 is 1.29 bits per heavy atom. The van der Waals surface area contributed by atoms with Crippen LogP contribution < -0.4 is 10.2 Å².